The molecule has 0 bridgehead atoms. The van der Waals surface area contributed by atoms with Crippen LogP contribution in [0.2, 0.25) is 0 Å². The predicted molar refractivity (Wildman–Crippen MR) is 68.5 cm³/mol. The van der Waals surface area contributed by atoms with Crippen molar-refractivity contribution in [1.82, 2.24) is 0 Å². The van der Waals surface area contributed by atoms with Gasteiger partial charge in [-0.15, -0.1) is 0 Å². The standard InChI is InChI=1S/C15H21N/c1-2-8-13(9-3-1)16-15-11-5-7-12-6-4-10-14(12)15/h1-3,8-9,12,14-16H,4-7,10-11H2. The summed E-state index contributed by atoms with van der Waals surface area (Å²) in [6, 6.07) is 11.5. The molecular formula is C15H21N. The molecule has 0 aliphatic heterocycles. The number of hydrogen-bond acceptors (Lipinski definition) is 1. The van der Waals surface area contributed by atoms with Gasteiger partial charge in [0.2, 0.25) is 0 Å². The minimum absolute atomic E-state index is 0.739. The van der Waals surface area contributed by atoms with Crippen molar-refractivity contribution in [2.24, 2.45) is 11.8 Å². The number of fused-ring (bicyclic) bond motifs is 1. The highest BCUT2D eigenvalue weighted by atomic mass is 14.9. The molecule has 1 aromatic rings. The van der Waals surface area contributed by atoms with Crippen LogP contribution >= 0.6 is 0 Å². The van der Waals surface area contributed by atoms with Crippen LogP contribution in [0.1, 0.15) is 38.5 Å². The molecule has 86 valence electrons. The third-order valence-corrected chi connectivity index (χ3v) is 4.45. The Bertz CT molecular complexity index is 333. The van der Waals surface area contributed by atoms with Crippen LogP contribution in [0.25, 0.3) is 0 Å². The Morgan fingerprint density at radius 1 is 0.875 bits per heavy atom. The molecule has 1 N–H and O–H groups in total. The first-order valence-corrected chi connectivity index (χ1v) is 6.75. The van der Waals surface area contributed by atoms with Gasteiger partial charge in [-0.05, 0) is 36.8 Å². The monoisotopic (exact) mass is 215 g/mol. The first kappa shape index (κ1) is 10.2. The van der Waals surface area contributed by atoms with Gasteiger partial charge in [0.1, 0.15) is 0 Å². The van der Waals surface area contributed by atoms with Crippen molar-refractivity contribution in [3.05, 3.63) is 30.3 Å². The van der Waals surface area contributed by atoms with Crippen LogP contribution in [0.4, 0.5) is 5.69 Å². The summed E-state index contributed by atoms with van der Waals surface area (Å²) in [7, 11) is 0. The number of anilines is 1. The quantitative estimate of drug-likeness (QED) is 0.784. The van der Waals surface area contributed by atoms with Gasteiger partial charge in [0.15, 0.2) is 0 Å². The fourth-order valence-electron chi connectivity index (χ4n) is 3.70. The SMILES string of the molecule is c1ccc(NC2CCCC3CCCC32)cc1. The lowest BCUT2D eigenvalue weighted by Crippen LogP contribution is -2.35. The minimum atomic E-state index is 0.739. The molecule has 2 aliphatic carbocycles. The van der Waals surface area contributed by atoms with Crippen molar-refractivity contribution in [2.45, 2.75) is 44.6 Å². The molecule has 3 rings (SSSR count). The Labute approximate surface area is 98.3 Å². The second-order valence-electron chi connectivity index (χ2n) is 5.40. The van der Waals surface area contributed by atoms with Crippen LogP contribution in [-0.4, -0.2) is 6.04 Å². The third-order valence-electron chi connectivity index (χ3n) is 4.45. The molecule has 0 spiro atoms. The van der Waals surface area contributed by atoms with Gasteiger partial charge in [-0.1, -0.05) is 43.9 Å². The van der Waals surface area contributed by atoms with E-state index in [1.807, 2.05) is 0 Å². The van der Waals surface area contributed by atoms with Crippen molar-refractivity contribution in [3.8, 4) is 0 Å². The molecule has 1 nitrogen and oxygen atoms in total. The van der Waals surface area contributed by atoms with Crippen LogP contribution in [-0.2, 0) is 0 Å². The zero-order chi connectivity index (χ0) is 10.8. The molecule has 0 amide bonds. The van der Waals surface area contributed by atoms with Crippen LogP contribution in [0.5, 0.6) is 0 Å². The lowest BCUT2D eigenvalue weighted by atomic mass is 9.78. The number of benzene rings is 1. The second kappa shape index (κ2) is 4.48. The van der Waals surface area contributed by atoms with E-state index in [1.165, 1.54) is 44.2 Å². The molecular weight excluding hydrogens is 194 g/mol. The molecule has 2 saturated carbocycles. The number of nitrogens with one attached hydrogen (secondary N) is 1. The largest absolute Gasteiger partial charge is 0.382 e. The maximum atomic E-state index is 3.75. The van der Waals surface area contributed by atoms with Crippen molar-refractivity contribution >= 4 is 5.69 Å². The molecule has 2 fully saturated rings. The van der Waals surface area contributed by atoms with E-state index in [4.69, 9.17) is 0 Å². The van der Waals surface area contributed by atoms with E-state index in [2.05, 4.69) is 35.6 Å². The van der Waals surface area contributed by atoms with Gasteiger partial charge < -0.3 is 5.32 Å². The summed E-state index contributed by atoms with van der Waals surface area (Å²) in [6.07, 6.45) is 8.68. The van der Waals surface area contributed by atoms with E-state index in [0.717, 1.165) is 17.9 Å². The van der Waals surface area contributed by atoms with E-state index in [9.17, 15) is 0 Å². The lowest BCUT2D eigenvalue weighted by Gasteiger charge is -2.35. The van der Waals surface area contributed by atoms with Gasteiger partial charge in [-0.2, -0.15) is 0 Å². The molecule has 0 heterocycles. The zero-order valence-electron chi connectivity index (χ0n) is 9.86. The highest BCUT2D eigenvalue weighted by Crippen LogP contribution is 2.43. The molecule has 16 heavy (non-hydrogen) atoms. The van der Waals surface area contributed by atoms with Gasteiger partial charge in [0.05, 0.1) is 0 Å². The average molecular weight is 215 g/mol. The third kappa shape index (κ3) is 1.95. The van der Waals surface area contributed by atoms with E-state index in [1.54, 1.807) is 0 Å². The predicted octanol–water partition coefficient (Wildman–Crippen LogP) is 4.07. The Kier molecular flexibility index (Phi) is 2.86. The highest BCUT2D eigenvalue weighted by Gasteiger charge is 2.36. The molecule has 3 atom stereocenters. The summed E-state index contributed by atoms with van der Waals surface area (Å²) in [4.78, 5) is 0. The fourth-order valence-corrected chi connectivity index (χ4v) is 3.70. The topological polar surface area (TPSA) is 12.0 Å². The Balaban J connectivity index is 1.70. The Morgan fingerprint density at radius 2 is 1.62 bits per heavy atom. The van der Waals surface area contributed by atoms with E-state index >= 15 is 0 Å². The van der Waals surface area contributed by atoms with Crippen molar-refractivity contribution in [3.63, 3.8) is 0 Å². The summed E-state index contributed by atoms with van der Waals surface area (Å²) in [6.45, 7) is 0. The Hall–Kier alpha value is -0.980. The summed E-state index contributed by atoms with van der Waals surface area (Å²) in [5, 5.41) is 3.75. The summed E-state index contributed by atoms with van der Waals surface area (Å²) in [5.74, 6) is 1.98. The lowest BCUT2D eigenvalue weighted by molar-refractivity contribution is 0.253. The van der Waals surface area contributed by atoms with E-state index in [0.29, 0.717) is 0 Å². The fraction of sp³-hybridized carbons (Fsp3) is 0.600. The normalized spacial score (nSPS) is 33.4. The van der Waals surface area contributed by atoms with Crippen LogP contribution < -0.4 is 5.32 Å². The molecule has 1 heteroatoms. The highest BCUT2D eigenvalue weighted by molar-refractivity contribution is 5.43. The molecule has 0 aromatic heterocycles. The van der Waals surface area contributed by atoms with Gasteiger partial charge in [-0.25, -0.2) is 0 Å². The maximum absolute atomic E-state index is 3.75. The van der Waals surface area contributed by atoms with Crippen molar-refractivity contribution in [2.75, 3.05) is 5.32 Å². The maximum Gasteiger partial charge on any atom is 0.0342 e. The second-order valence-corrected chi connectivity index (χ2v) is 5.40. The minimum Gasteiger partial charge on any atom is -0.382 e. The summed E-state index contributed by atoms with van der Waals surface area (Å²) >= 11 is 0. The number of para-hydroxylation sites is 1. The summed E-state index contributed by atoms with van der Waals surface area (Å²) < 4.78 is 0. The first-order valence-electron chi connectivity index (χ1n) is 6.75. The molecule has 0 radical (unpaired) electrons. The van der Waals surface area contributed by atoms with Gasteiger partial charge in [0, 0.05) is 11.7 Å². The van der Waals surface area contributed by atoms with Gasteiger partial charge in [0.25, 0.3) is 0 Å². The number of hydrogen-bond donors (Lipinski definition) is 1. The van der Waals surface area contributed by atoms with Crippen molar-refractivity contribution in [1.29, 1.82) is 0 Å². The van der Waals surface area contributed by atoms with Gasteiger partial charge in [-0.3, -0.25) is 0 Å². The zero-order valence-corrected chi connectivity index (χ0v) is 9.86. The van der Waals surface area contributed by atoms with Crippen LogP contribution in [0, 0.1) is 11.8 Å². The smallest absolute Gasteiger partial charge is 0.0342 e. The van der Waals surface area contributed by atoms with Crippen LogP contribution in [0.15, 0.2) is 30.3 Å². The summed E-state index contributed by atoms with van der Waals surface area (Å²) in [5.41, 5.74) is 1.31. The van der Waals surface area contributed by atoms with Crippen molar-refractivity contribution < 1.29 is 0 Å². The van der Waals surface area contributed by atoms with Gasteiger partial charge >= 0.3 is 0 Å². The molecule has 3 unspecified atom stereocenters. The molecule has 1 aromatic carbocycles. The van der Waals surface area contributed by atoms with E-state index < -0.39 is 0 Å². The van der Waals surface area contributed by atoms with E-state index in [-0.39, 0.29) is 0 Å². The average Bonchev–Trinajstić information content (AvgIpc) is 2.80. The Morgan fingerprint density at radius 3 is 2.44 bits per heavy atom. The first-order chi connectivity index (χ1) is 7.93. The van der Waals surface area contributed by atoms with Crippen LogP contribution in [0.3, 0.4) is 0 Å². The number of rotatable bonds is 2. The molecule has 0 saturated heterocycles. The molecule has 2 aliphatic rings.